The van der Waals surface area contributed by atoms with Crippen molar-refractivity contribution in [1.29, 1.82) is 0 Å². The van der Waals surface area contributed by atoms with Crippen LogP contribution in [0.15, 0.2) is 64.1 Å². The van der Waals surface area contributed by atoms with Gasteiger partial charge in [-0.3, -0.25) is 8.97 Å². The second-order valence-electron chi connectivity index (χ2n) is 11.4. The third-order valence-electron chi connectivity index (χ3n) is 7.53. The molecule has 0 radical (unpaired) electrons. The highest BCUT2D eigenvalue weighted by atomic mass is 16.5. The zero-order valence-corrected chi connectivity index (χ0v) is 23.4. The minimum atomic E-state index is -0.744. The van der Waals surface area contributed by atoms with Gasteiger partial charge in [0.05, 0.1) is 35.6 Å². The van der Waals surface area contributed by atoms with Crippen LogP contribution in [-0.2, 0) is 7.05 Å². The number of hydrogen-bond acceptors (Lipinski definition) is 7. The summed E-state index contributed by atoms with van der Waals surface area (Å²) in [4.78, 5) is 27.7. The predicted octanol–water partition coefficient (Wildman–Crippen LogP) is 4.92. The summed E-state index contributed by atoms with van der Waals surface area (Å²) < 4.78 is 15.2. The molecule has 10 heteroatoms. The van der Waals surface area contributed by atoms with Crippen molar-refractivity contribution in [2.24, 2.45) is 13.0 Å². The minimum absolute atomic E-state index is 0.302. The van der Waals surface area contributed by atoms with Gasteiger partial charge in [0.25, 0.3) is 0 Å². The van der Waals surface area contributed by atoms with Gasteiger partial charge in [0.2, 0.25) is 0 Å². The van der Waals surface area contributed by atoms with E-state index in [0.717, 1.165) is 42.6 Å². The number of benzene rings is 2. The first-order valence-corrected chi connectivity index (χ1v) is 13.7. The van der Waals surface area contributed by atoms with Crippen molar-refractivity contribution in [3.8, 4) is 28.4 Å². The molecular weight excluding hydrogens is 520 g/mol. The van der Waals surface area contributed by atoms with Gasteiger partial charge in [0, 0.05) is 38.4 Å². The molecule has 6 rings (SSSR count). The SMILES string of the molecule is [C-]#[N+]c1ccc(-c2nc(OC[C@@H]3CCCN(CC(C)(C)O)C3)n3ccnc3c2-c2ccc3c(c2)oc(=O)n3C)cc1. The normalized spacial score (nSPS) is 16.3. The van der Waals surface area contributed by atoms with Gasteiger partial charge in [-0.2, -0.15) is 4.98 Å². The number of β-amino-alcohol motifs (C(OH)–C–C–N with tert-alkyl or cyclic N) is 1. The topological polar surface area (TPSA) is 102 Å². The number of imidazole rings is 1. The first-order chi connectivity index (χ1) is 19.7. The largest absolute Gasteiger partial charge is 0.464 e. The average Bonchev–Trinajstić information content (AvgIpc) is 3.55. The molecule has 0 amide bonds. The number of nitrogens with zero attached hydrogens (tertiary/aromatic N) is 6. The molecule has 0 aliphatic carbocycles. The monoisotopic (exact) mass is 552 g/mol. The van der Waals surface area contributed by atoms with E-state index in [1.54, 1.807) is 25.4 Å². The predicted molar refractivity (Wildman–Crippen MR) is 156 cm³/mol. The second kappa shape index (κ2) is 10.5. The molecule has 2 aromatic carbocycles. The summed E-state index contributed by atoms with van der Waals surface area (Å²) in [7, 11) is 1.68. The van der Waals surface area contributed by atoms with Crippen LogP contribution in [0.4, 0.5) is 5.69 Å². The van der Waals surface area contributed by atoms with Crippen molar-refractivity contribution in [3.63, 3.8) is 0 Å². The maximum atomic E-state index is 12.2. The Kier molecular flexibility index (Phi) is 6.85. The van der Waals surface area contributed by atoms with Gasteiger partial charge >= 0.3 is 11.8 Å². The first kappa shape index (κ1) is 26.7. The fourth-order valence-electron chi connectivity index (χ4n) is 5.68. The van der Waals surface area contributed by atoms with Crippen LogP contribution < -0.4 is 10.5 Å². The highest BCUT2D eigenvalue weighted by Gasteiger charge is 2.26. The molecule has 3 aromatic heterocycles. The number of aromatic nitrogens is 4. The van der Waals surface area contributed by atoms with Crippen LogP contribution in [0.2, 0.25) is 0 Å². The summed E-state index contributed by atoms with van der Waals surface area (Å²) in [6.07, 6.45) is 5.64. The molecule has 0 unspecified atom stereocenters. The maximum absolute atomic E-state index is 12.2. The van der Waals surface area contributed by atoms with E-state index in [2.05, 4.69) is 14.7 Å². The van der Waals surface area contributed by atoms with Gasteiger partial charge in [-0.05, 0) is 56.5 Å². The fourth-order valence-corrected chi connectivity index (χ4v) is 5.68. The highest BCUT2D eigenvalue weighted by molar-refractivity contribution is 5.93. The molecule has 210 valence electrons. The lowest BCUT2D eigenvalue weighted by atomic mass is 9.97. The molecule has 1 aliphatic heterocycles. The van der Waals surface area contributed by atoms with E-state index in [0.29, 0.717) is 53.2 Å². The quantitative estimate of drug-likeness (QED) is 0.286. The van der Waals surface area contributed by atoms with Crippen molar-refractivity contribution in [2.75, 3.05) is 26.2 Å². The van der Waals surface area contributed by atoms with Crippen molar-refractivity contribution in [3.05, 3.63) is 76.8 Å². The summed E-state index contributed by atoms with van der Waals surface area (Å²) in [5.41, 5.74) is 4.64. The molecule has 41 heavy (non-hydrogen) atoms. The van der Waals surface area contributed by atoms with Crippen molar-refractivity contribution in [2.45, 2.75) is 32.3 Å². The lowest BCUT2D eigenvalue weighted by Crippen LogP contribution is -2.45. The lowest BCUT2D eigenvalue weighted by molar-refractivity contribution is 0.0162. The van der Waals surface area contributed by atoms with E-state index < -0.39 is 11.4 Å². The van der Waals surface area contributed by atoms with Gasteiger partial charge in [0.15, 0.2) is 16.9 Å². The molecule has 1 N–H and O–H groups in total. The summed E-state index contributed by atoms with van der Waals surface area (Å²) in [5.74, 6) is -0.125. The molecule has 1 atom stereocenters. The maximum Gasteiger partial charge on any atom is 0.419 e. The van der Waals surface area contributed by atoms with Crippen LogP contribution in [0.5, 0.6) is 6.01 Å². The van der Waals surface area contributed by atoms with Gasteiger partial charge in [-0.15, -0.1) is 0 Å². The van der Waals surface area contributed by atoms with E-state index in [1.807, 2.05) is 54.8 Å². The summed E-state index contributed by atoms with van der Waals surface area (Å²) in [5, 5.41) is 10.3. The van der Waals surface area contributed by atoms with Gasteiger partial charge < -0.3 is 19.2 Å². The number of aryl methyl sites for hydroxylation is 1. The van der Waals surface area contributed by atoms with Crippen LogP contribution in [0.3, 0.4) is 0 Å². The van der Waals surface area contributed by atoms with Crippen LogP contribution in [0, 0.1) is 12.5 Å². The summed E-state index contributed by atoms with van der Waals surface area (Å²) >= 11 is 0. The van der Waals surface area contributed by atoms with E-state index in [9.17, 15) is 9.90 Å². The van der Waals surface area contributed by atoms with Crippen molar-refractivity contribution < 1.29 is 14.3 Å². The molecule has 4 heterocycles. The van der Waals surface area contributed by atoms with E-state index in [1.165, 1.54) is 4.57 Å². The van der Waals surface area contributed by atoms with Crippen LogP contribution in [0.1, 0.15) is 26.7 Å². The van der Waals surface area contributed by atoms with Gasteiger partial charge in [-0.25, -0.2) is 14.6 Å². The van der Waals surface area contributed by atoms with E-state index in [-0.39, 0.29) is 0 Å². The number of fused-ring (bicyclic) bond motifs is 2. The number of aliphatic hydroxyl groups is 1. The van der Waals surface area contributed by atoms with Gasteiger partial charge in [-0.1, -0.05) is 30.3 Å². The fraction of sp³-hybridized carbons (Fsp3) is 0.355. The second-order valence-corrected chi connectivity index (χ2v) is 11.4. The van der Waals surface area contributed by atoms with Crippen LogP contribution >= 0.6 is 0 Å². The number of rotatable bonds is 7. The Morgan fingerprint density at radius 3 is 2.73 bits per heavy atom. The number of ether oxygens (including phenoxy) is 1. The smallest absolute Gasteiger partial charge is 0.419 e. The number of likely N-dealkylation sites (tertiary alicyclic amines) is 1. The summed E-state index contributed by atoms with van der Waals surface area (Å²) in [6, 6.07) is 13.3. The zero-order chi connectivity index (χ0) is 28.7. The molecular formula is C31H32N6O4. The van der Waals surface area contributed by atoms with Crippen molar-refractivity contribution in [1.82, 2.24) is 23.8 Å². The average molecular weight is 553 g/mol. The number of piperidine rings is 1. The third-order valence-corrected chi connectivity index (χ3v) is 7.53. The molecule has 1 fully saturated rings. The molecule has 5 aromatic rings. The highest BCUT2D eigenvalue weighted by Crippen LogP contribution is 2.37. The van der Waals surface area contributed by atoms with Crippen LogP contribution in [0.25, 0.3) is 44.0 Å². The number of oxazole rings is 1. The number of hydrogen-bond donors (Lipinski definition) is 1. The zero-order valence-electron chi connectivity index (χ0n) is 23.4. The minimum Gasteiger partial charge on any atom is -0.464 e. The van der Waals surface area contributed by atoms with Crippen LogP contribution in [-0.4, -0.2) is 60.8 Å². The standard InChI is InChI=1S/C31H32N6O4/c1-31(2,39)19-36-14-5-6-20(17-36)18-40-29-34-27(21-7-10-23(32-3)11-8-21)26(28-33-13-15-37(28)29)22-9-12-24-25(16-22)41-30(38)35(24)4/h7-13,15-16,20,39H,5-6,14,17-19H2,1-2,4H3/t20-/m1/s1. The molecule has 10 nitrogen and oxygen atoms in total. The lowest BCUT2D eigenvalue weighted by Gasteiger charge is -2.35. The summed E-state index contributed by atoms with van der Waals surface area (Å²) in [6.45, 7) is 13.9. The van der Waals surface area contributed by atoms with Crippen molar-refractivity contribution >= 4 is 22.4 Å². The Bertz CT molecular complexity index is 1820. The third kappa shape index (κ3) is 5.34. The van der Waals surface area contributed by atoms with E-state index >= 15 is 0 Å². The van der Waals surface area contributed by atoms with Gasteiger partial charge in [0.1, 0.15) is 0 Å². The molecule has 1 aliphatic rings. The Labute approximate surface area is 237 Å². The Balaban J connectivity index is 1.41. The molecule has 0 spiro atoms. The Morgan fingerprint density at radius 1 is 1.20 bits per heavy atom. The first-order valence-electron chi connectivity index (χ1n) is 13.7. The molecule has 0 bridgehead atoms. The Morgan fingerprint density at radius 2 is 1.98 bits per heavy atom. The molecule has 1 saturated heterocycles. The Hall–Kier alpha value is -4.46. The molecule has 0 saturated carbocycles. The van der Waals surface area contributed by atoms with E-state index in [4.69, 9.17) is 20.7 Å².